The first-order chi connectivity index (χ1) is 59.2. The van der Waals surface area contributed by atoms with Crippen LogP contribution in [0.3, 0.4) is 0 Å². The molecule has 7 aliphatic carbocycles. The van der Waals surface area contributed by atoms with E-state index >= 15 is 0 Å². The van der Waals surface area contributed by atoms with Crippen molar-refractivity contribution in [2.45, 2.75) is 505 Å². The molecule has 0 radical (unpaired) electrons. The number of fused-ring (bicyclic) bond motifs is 11. The topological polar surface area (TPSA) is 141 Å². The zero-order chi connectivity index (χ0) is 98.4. The Bertz CT molecular complexity index is 3850. The molecule has 7 saturated carbocycles. The van der Waals surface area contributed by atoms with Gasteiger partial charge in [0.05, 0.1) is 68.4 Å². The fourth-order valence-electron chi connectivity index (χ4n) is 31.6. The molecule has 23 heteroatoms. The maximum absolute atomic E-state index is 13.8. The van der Waals surface area contributed by atoms with Gasteiger partial charge in [0.15, 0.2) is 6.61 Å². The highest BCUT2D eigenvalue weighted by molar-refractivity contribution is 7.15. The van der Waals surface area contributed by atoms with Crippen molar-refractivity contribution in [1.29, 1.82) is 0 Å². The van der Waals surface area contributed by atoms with Crippen molar-refractivity contribution in [2.24, 2.45) is 94.2 Å². The molecule has 0 aromatic heterocycles. The third-order valence-corrected chi connectivity index (χ3v) is 91.2. The second-order valence-corrected chi connectivity index (χ2v) is 123. The molecule has 130 heavy (non-hydrogen) atoms. The molecule has 12 rings (SSSR count). The van der Waals surface area contributed by atoms with E-state index in [2.05, 4.69) is 259 Å². The van der Waals surface area contributed by atoms with Crippen molar-refractivity contribution in [1.82, 2.24) is 0 Å². The minimum atomic E-state index is -1.70. The van der Waals surface area contributed by atoms with E-state index in [1.54, 1.807) is 0 Å². The number of ether oxygens (including phenoxy) is 6. The quantitative estimate of drug-likeness (QED) is 0.0315. The highest BCUT2D eigenvalue weighted by Crippen LogP contribution is 2.72. The number of hydrogen-bond donors (Lipinski definition) is 0. The smallest absolute Gasteiger partial charge is 0.344 e. The van der Waals surface area contributed by atoms with E-state index in [0.717, 1.165) is 147 Å². The van der Waals surface area contributed by atoms with Crippen LogP contribution in [-0.4, -0.2) is 161 Å². The summed E-state index contributed by atoms with van der Waals surface area (Å²) in [6.45, 7) is 96.1. The molecule has 18 unspecified atom stereocenters. The molecular weight excluding hydrogens is 1800 g/mol. The van der Waals surface area contributed by atoms with Gasteiger partial charge in [-0.15, -0.1) is 0 Å². The van der Waals surface area contributed by atoms with Gasteiger partial charge < -0.3 is 28.4 Å². The first kappa shape index (κ1) is 114. The standard InChI is InChI=1S/C28H48O2Si.C23H48O2Si4.C22H38O3Si2.C18H40O2Si3.C16H34O2Si2/c1-6-31(7-2,8-3)14-13-28(11-9-10-12-28)30-27(29)24-16-20-15-23(24)26-22-17-21(25(20)26)18(4)19(22)5;1-17-18(2)20-12-19(17)13-21(20)22(24)25-23(14-26(3,4)5)28(8,9)15-27(6,7)16-29(23,10)11;1-8-18(2)19-9-11-20(12-10-19)24-15-21(23)25-22(16-26(3,4)5)13-14-27(6,7)17-22;1-11-17(2,3)16(19)20-18(12-21(4,5)6)13-22(7,8)15-23(9,10)14-18;1-8-14(2)15(17)18-16(12-19(3,4)5)10-9-11-20(6,7)13-16/h18-26H,6-17H2,1-5H3;17-21H,12-16H2,1-11H3;9-12,18H,8,13-17H2,1-7H3;11-15H2,1-10H3;14H,8-13H2,1-7H3. The Labute approximate surface area is 813 Å². The van der Waals surface area contributed by atoms with Crippen LogP contribution in [0.1, 0.15) is 211 Å². The summed E-state index contributed by atoms with van der Waals surface area (Å²) in [6.07, 6.45) is 18.5. The van der Waals surface area contributed by atoms with Crippen LogP contribution >= 0.6 is 0 Å². The van der Waals surface area contributed by atoms with E-state index in [1.165, 1.54) is 122 Å². The van der Waals surface area contributed by atoms with Gasteiger partial charge in [-0.25, -0.2) is 4.79 Å². The first-order valence-electron chi connectivity index (χ1n) is 54.1. The molecule has 0 N–H and O–H groups in total. The van der Waals surface area contributed by atoms with Crippen molar-refractivity contribution in [2.75, 3.05) is 6.61 Å². The second-order valence-electron chi connectivity index (χ2n) is 58.0. The zero-order valence-electron chi connectivity index (χ0n) is 92.6. The summed E-state index contributed by atoms with van der Waals surface area (Å²) >= 11 is 0. The molecular formula is C107H208O11Si12. The minimum Gasteiger partial charge on any atom is -0.482 e. The Morgan fingerprint density at radius 1 is 0.438 bits per heavy atom. The average Bonchev–Trinajstić information content (AvgIpc) is 1.64. The Kier molecular flexibility index (Phi) is 37.5. The molecule has 4 saturated heterocycles. The number of rotatable bonds is 30. The van der Waals surface area contributed by atoms with Crippen molar-refractivity contribution < 1.29 is 52.4 Å². The fraction of sp³-hybridized carbons (Fsp3) is 0.897. The molecule has 4 aliphatic heterocycles. The monoisotopic (exact) mass is 2010 g/mol. The zero-order valence-corrected chi connectivity index (χ0v) is 105. The van der Waals surface area contributed by atoms with Gasteiger partial charge in [0.1, 0.15) is 28.2 Å². The lowest BCUT2D eigenvalue weighted by Crippen LogP contribution is -2.78. The van der Waals surface area contributed by atoms with E-state index in [0.29, 0.717) is 23.7 Å². The molecule has 11 nitrogen and oxygen atoms in total. The van der Waals surface area contributed by atoms with Crippen LogP contribution in [0.4, 0.5) is 0 Å². The highest BCUT2D eigenvalue weighted by Gasteiger charge is 2.70. The predicted molar refractivity (Wildman–Crippen MR) is 590 cm³/mol. The van der Waals surface area contributed by atoms with Gasteiger partial charge in [-0.05, 0) is 253 Å². The number of hydrogen-bond acceptors (Lipinski definition) is 11. The number of carbonyl (C=O) groups is 5. The number of benzene rings is 1. The van der Waals surface area contributed by atoms with Crippen LogP contribution in [-0.2, 0) is 47.7 Å². The molecule has 6 bridgehead atoms. The van der Waals surface area contributed by atoms with Crippen LogP contribution in [0.2, 0.25) is 272 Å². The fourth-order valence-corrected chi connectivity index (χ4v) is 107. The summed E-state index contributed by atoms with van der Waals surface area (Å²) in [6, 6.07) is 25.4. The molecule has 4 heterocycles. The highest BCUT2D eigenvalue weighted by atomic mass is 28.5. The lowest BCUT2D eigenvalue weighted by Gasteiger charge is -2.62. The van der Waals surface area contributed by atoms with E-state index in [-0.39, 0.29) is 86.9 Å². The lowest BCUT2D eigenvalue weighted by atomic mass is 9.62. The summed E-state index contributed by atoms with van der Waals surface area (Å²) < 4.78 is 38.1. The number of carbonyl (C=O) groups excluding carboxylic acids is 5. The van der Waals surface area contributed by atoms with Crippen LogP contribution in [0, 0.1) is 94.2 Å². The molecule has 11 aliphatic rings. The van der Waals surface area contributed by atoms with Gasteiger partial charge in [0.2, 0.25) is 0 Å². The maximum atomic E-state index is 13.8. The van der Waals surface area contributed by atoms with Gasteiger partial charge >= 0.3 is 29.8 Å². The predicted octanol–water partition coefficient (Wildman–Crippen LogP) is 31.9. The van der Waals surface area contributed by atoms with Crippen LogP contribution in [0.5, 0.6) is 5.75 Å². The maximum Gasteiger partial charge on any atom is 0.344 e. The van der Waals surface area contributed by atoms with Gasteiger partial charge in [0, 0.05) is 56.5 Å². The van der Waals surface area contributed by atoms with Crippen LogP contribution in [0.15, 0.2) is 24.3 Å². The van der Waals surface area contributed by atoms with Gasteiger partial charge in [-0.2, -0.15) is 0 Å². The molecule has 1 aromatic rings. The van der Waals surface area contributed by atoms with Crippen molar-refractivity contribution in [3.8, 4) is 5.75 Å². The van der Waals surface area contributed by atoms with E-state index in [1.807, 2.05) is 32.9 Å². The molecule has 0 amide bonds. The Balaban J connectivity index is 0.000000202. The molecule has 0 spiro atoms. The Morgan fingerprint density at radius 2 is 0.885 bits per heavy atom. The van der Waals surface area contributed by atoms with Gasteiger partial charge in [-0.3, -0.25) is 19.2 Å². The van der Waals surface area contributed by atoms with E-state index in [4.69, 9.17) is 28.4 Å². The third-order valence-electron chi connectivity index (χ3n) is 36.9. The summed E-state index contributed by atoms with van der Waals surface area (Å²) in [7, 11) is -16.0. The van der Waals surface area contributed by atoms with Crippen LogP contribution < -0.4 is 4.74 Å². The summed E-state index contributed by atoms with van der Waals surface area (Å²) in [4.78, 5) is 65.3. The molecule has 750 valence electrons. The Morgan fingerprint density at radius 3 is 1.34 bits per heavy atom. The SMILES string of the molecule is CC1C2CC(C(=O)OC3(C[Si](C)(C)C)[Si](C)(C)C[Si](C)(C)C[Si]3(C)C)C(C2)C1C.CCC(C)(C)C(=O)OC1(C[Si](C)(C)C)C[Si](C)(C)C[Si](C)(C)C1.CCC(C)C(=O)OC1(C[Si](C)(C)C)CCC[Si](C)(C)C1.CCC(C)c1ccc(OCC(=O)OC2(C[Si](C)(C)C)CC[Si](C)(C)C2)cc1.CC[Si](CC)(CC)CCC1(OC(=O)C2CC3CC2C2C4CC(C(C)C4C)C32)CCCC1. The average molecular weight is 2010 g/mol. The minimum absolute atomic E-state index is 0.00187. The van der Waals surface area contributed by atoms with Crippen molar-refractivity contribution >= 4 is 127 Å². The summed E-state index contributed by atoms with van der Waals surface area (Å²) in [5, 5.41) is 0. The lowest BCUT2D eigenvalue weighted by molar-refractivity contribution is -0.169. The van der Waals surface area contributed by atoms with E-state index < -0.39 is 96.9 Å². The van der Waals surface area contributed by atoms with Gasteiger partial charge in [-0.1, -0.05) is 325 Å². The third kappa shape index (κ3) is 28.9. The summed E-state index contributed by atoms with van der Waals surface area (Å²) in [5.41, 5.74) is 4.66. The first-order valence-corrected chi connectivity index (χ1v) is 95.2. The second kappa shape index (κ2) is 42.6. The Hall–Kier alpha value is -1.03. The number of esters is 5. The largest absolute Gasteiger partial charge is 0.482 e. The van der Waals surface area contributed by atoms with E-state index in [9.17, 15) is 24.0 Å². The molecule has 18 atom stereocenters. The molecule has 1 aromatic carbocycles. The van der Waals surface area contributed by atoms with Crippen molar-refractivity contribution in [3.63, 3.8) is 0 Å². The molecule has 11 fully saturated rings. The normalized spacial score (nSPS) is 32.7. The van der Waals surface area contributed by atoms with Gasteiger partial charge in [0.25, 0.3) is 0 Å². The summed E-state index contributed by atoms with van der Waals surface area (Å²) in [5.74, 6) is 11.8. The van der Waals surface area contributed by atoms with Crippen LogP contribution in [0.25, 0.3) is 0 Å². The van der Waals surface area contributed by atoms with Crippen molar-refractivity contribution in [3.05, 3.63) is 29.8 Å².